The molecule has 3 heteroatoms. The maximum Gasteiger partial charge on any atom is 0.341 e. The molecule has 0 saturated carbocycles. The van der Waals surface area contributed by atoms with Gasteiger partial charge < -0.3 is 4.74 Å². The zero-order valence-electron chi connectivity index (χ0n) is 10.4. The Morgan fingerprint density at radius 3 is 2.35 bits per heavy atom. The van der Waals surface area contributed by atoms with Crippen LogP contribution in [0.2, 0.25) is 0 Å². The topological polar surface area (TPSA) is 26.3 Å². The second-order valence-corrected chi connectivity index (χ2v) is 4.08. The van der Waals surface area contributed by atoms with E-state index in [-0.39, 0.29) is 11.7 Å². The van der Waals surface area contributed by atoms with E-state index in [2.05, 4.69) is 0 Å². The number of benzene rings is 1. The van der Waals surface area contributed by atoms with Crippen LogP contribution < -0.4 is 0 Å². The number of rotatable bonds is 6. The van der Waals surface area contributed by atoms with Crippen molar-refractivity contribution in [2.24, 2.45) is 0 Å². The van der Waals surface area contributed by atoms with Gasteiger partial charge in [-0.3, -0.25) is 0 Å². The van der Waals surface area contributed by atoms with E-state index < -0.39 is 11.8 Å². The van der Waals surface area contributed by atoms with Gasteiger partial charge in [-0.1, -0.05) is 38.8 Å². The minimum absolute atomic E-state index is 0.0182. The van der Waals surface area contributed by atoms with Crippen molar-refractivity contribution in [3.05, 3.63) is 35.6 Å². The summed E-state index contributed by atoms with van der Waals surface area (Å²) in [6.07, 6.45) is 3.46. The maximum atomic E-state index is 13.4. The summed E-state index contributed by atoms with van der Waals surface area (Å²) in [5.41, 5.74) is 0.0182. The summed E-state index contributed by atoms with van der Waals surface area (Å²) in [5, 5.41) is 0. The summed E-state index contributed by atoms with van der Waals surface area (Å²) in [4.78, 5) is 11.8. The molecule has 94 valence electrons. The molecule has 17 heavy (non-hydrogen) atoms. The quantitative estimate of drug-likeness (QED) is 0.701. The fourth-order valence-corrected chi connectivity index (χ4v) is 1.75. The molecule has 1 rings (SSSR count). The first-order valence-electron chi connectivity index (χ1n) is 6.14. The van der Waals surface area contributed by atoms with Crippen molar-refractivity contribution in [2.45, 2.75) is 45.6 Å². The zero-order chi connectivity index (χ0) is 12.7. The van der Waals surface area contributed by atoms with Crippen LogP contribution in [0.1, 0.15) is 49.9 Å². The molecule has 0 heterocycles. The van der Waals surface area contributed by atoms with Crippen LogP contribution in [0.4, 0.5) is 4.39 Å². The summed E-state index contributed by atoms with van der Waals surface area (Å²) in [7, 11) is 0. The van der Waals surface area contributed by atoms with Crippen molar-refractivity contribution in [3.8, 4) is 0 Å². The monoisotopic (exact) mass is 238 g/mol. The van der Waals surface area contributed by atoms with Gasteiger partial charge >= 0.3 is 5.97 Å². The van der Waals surface area contributed by atoms with Gasteiger partial charge in [0.15, 0.2) is 0 Å². The van der Waals surface area contributed by atoms with Gasteiger partial charge in [0.1, 0.15) is 11.9 Å². The summed E-state index contributed by atoms with van der Waals surface area (Å²) >= 11 is 0. The Morgan fingerprint density at radius 1 is 1.24 bits per heavy atom. The predicted molar refractivity (Wildman–Crippen MR) is 65.4 cm³/mol. The van der Waals surface area contributed by atoms with Gasteiger partial charge in [-0.2, -0.15) is 0 Å². The van der Waals surface area contributed by atoms with E-state index in [0.29, 0.717) is 0 Å². The molecular weight excluding hydrogens is 219 g/mol. The molecule has 0 radical (unpaired) electrons. The number of ether oxygens (including phenoxy) is 1. The Labute approximate surface area is 102 Å². The van der Waals surface area contributed by atoms with Crippen LogP contribution in [0, 0.1) is 5.82 Å². The number of hydrogen-bond donors (Lipinski definition) is 0. The Morgan fingerprint density at radius 2 is 1.82 bits per heavy atom. The highest BCUT2D eigenvalue weighted by Crippen LogP contribution is 2.14. The van der Waals surface area contributed by atoms with Crippen LogP contribution in [0.3, 0.4) is 0 Å². The summed E-state index contributed by atoms with van der Waals surface area (Å²) < 4.78 is 18.7. The van der Waals surface area contributed by atoms with Crippen molar-refractivity contribution >= 4 is 5.97 Å². The third-order valence-electron chi connectivity index (χ3n) is 2.59. The van der Waals surface area contributed by atoms with E-state index in [1.807, 2.05) is 13.8 Å². The molecule has 2 nitrogen and oxygen atoms in total. The van der Waals surface area contributed by atoms with Crippen LogP contribution in [0.15, 0.2) is 24.3 Å². The first-order chi connectivity index (χ1) is 8.19. The highest BCUT2D eigenvalue weighted by molar-refractivity contribution is 5.89. The largest absolute Gasteiger partial charge is 0.459 e. The number of carbonyl (C=O) groups excluding carboxylic acids is 1. The summed E-state index contributed by atoms with van der Waals surface area (Å²) in [6.45, 7) is 4.08. The third kappa shape index (κ3) is 4.17. The van der Waals surface area contributed by atoms with Gasteiger partial charge in [0.05, 0.1) is 5.56 Å². The van der Waals surface area contributed by atoms with Crippen LogP contribution in [0.5, 0.6) is 0 Å². The zero-order valence-corrected chi connectivity index (χ0v) is 10.4. The Balaban J connectivity index is 2.67. The average molecular weight is 238 g/mol. The van der Waals surface area contributed by atoms with Gasteiger partial charge in [-0.15, -0.1) is 0 Å². The number of hydrogen-bond acceptors (Lipinski definition) is 2. The minimum Gasteiger partial charge on any atom is -0.459 e. The molecule has 0 aliphatic heterocycles. The second kappa shape index (κ2) is 7.05. The Hall–Kier alpha value is -1.38. The smallest absolute Gasteiger partial charge is 0.341 e. The van der Waals surface area contributed by atoms with E-state index in [9.17, 15) is 9.18 Å². The van der Waals surface area contributed by atoms with Crippen molar-refractivity contribution in [1.29, 1.82) is 0 Å². The molecule has 0 unspecified atom stereocenters. The van der Waals surface area contributed by atoms with E-state index in [0.717, 1.165) is 25.7 Å². The highest BCUT2D eigenvalue weighted by Gasteiger charge is 2.17. The standard InChI is InChI=1S/C14H19FO2/c1-3-7-11(8-4-2)17-14(16)12-9-5-6-10-13(12)15/h5-6,9-11H,3-4,7-8H2,1-2H3. The molecule has 0 atom stereocenters. The lowest BCUT2D eigenvalue weighted by molar-refractivity contribution is 0.0253. The van der Waals surface area contributed by atoms with Gasteiger partial charge in [0.2, 0.25) is 0 Å². The molecule has 0 aliphatic rings. The van der Waals surface area contributed by atoms with E-state index in [4.69, 9.17) is 4.74 Å². The number of carbonyl (C=O) groups is 1. The van der Waals surface area contributed by atoms with Gasteiger partial charge in [0.25, 0.3) is 0 Å². The molecule has 0 spiro atoms. The normalized spacial score (nSPS) is 10.6. The molecule has 0 amide bonds. The van der Waals surface area contributed by atoms with Crippen LogP contribution in [-0.2, 0) is 4.74 Å². The van der Waals surface area contributed by atoms with Crippen LogP contribution >= 0.6 is 0 Å². The molecule has 1 aromatic carbocycles. The number of halogens is 1. The van der Waals surface area contributed by atoms with Crippen molar-refractivity contribution in [3.63, 3.8) is 0 Å². The van der Waals surface area contributed by atoms with Crippen molar-refractivity contribution < 1.29 is 13.9 Å². The fraction of sp³-hybridized carbons (Fsp3) is 0.500. The number of esters is 1. The lowest BCUT2D eigenvalue weighted by Gasteiger charge is -2.16. The van der Waals surface area contributed by atoms with Crippen LogP contribution in [-0.4, -0.2) is 12.1 Å². The Kier molecular flexibility index (Phi) is 5.67. The van der Waals surface area contributed by atoms with E-state index >= 15 is 0 Å². The lowest BCUT2D eigenvalue weighted by atomic mass is 10.1. The van der Waals surface area contributed by atoms with Gasteiger partial charge in [0, 0.05) is 0 Å². The van der Waals surface area contributed by atoms with E-state index in [1.54, 1.807) is 12.1 Å². The first kappa shape index (κ1) is 13.7. The second-order valence-electron chi connectivity index (χ2n) is 4.08. The lowest BCUT2D eigenvalue weighted by Crippen LogP contribution is -2.18. The Bertz CT molecular complexity index is 357. The molecule has 1 aromatic rings. The summed E-state index contributed by atoms with van der Waals surface area (Å²) in [5.74, 6) is -1.08. The molecular formula is C14H19FO2. The highest BCUT2D eigenvalue weighted by atomic mass is 19.1. The van der Waals surface area contributed by atoms with E-state index in [1.165, 1.54) is 12.1 Å². The van der Waals surface area contributed by atoms with Crippen LogP contribution in [0.25, 0.3) is 0 Å². The molecule has 0 bridgehead atoms. The molecule has 0 N–H and O–H groups in total. The summed E-state index contributed by atoms with van der Waals surface area (Å²) in [6, 6.07) is 5.91. The average Bonchev–Trinajstić information content (AvgIpc) is 2.30. The molecule has 0 saturated heterocycles. The first-order valence-corrected chi connectivity index (χ1v) is 6.14. The fourth-order valence-electron chi connectivity index (χ4n) is 1.75. The predicted octanol–water partition coefficient (Wildman–Crippen LogP) is 3.95. The molecule has 0 aromatic heterocycles. The minimum atomic E-state index is -0.560. The van der Waals surface area contributed by atoms with Crippen molar-refractivity contribution in [2.75, 3.05) is 0 Å². The molecule has 0 fully saturated rings. The van der Waals surface area contributed by atoms with Gasteiger partial charge in [-0.05, 0) is 25.0 Å². The maximum absolute atomic E-state index is 13.4. The molecule has 0 aliphatic carbocycles. The third-order valence-corrected chi connectivity index (χ3v) is 2.59. The van der Waals surface area contributed by atoms with Crippen molar-refractivity contribution in [1.82, 2.24) is 0 Å². The van der Waals surface area contributed by atoms with Gasteiger partial charge in [-0.25, -0.2) is 9.18 Å². The SMILES string of the molecule is CCCC(CCC)OC(=O)c1ccccc1F.